The summed E-state index contributed by atoms with van der Waals surface area (Å²) in [7, 11) is 6.07. The Morgan fingerprint density at radius 3 is 1.73 bits per heavy atom. The molecule has 0 aliphatic rings. The fraction of sp³-hybridized carbons (Fsp3) is 0.321. The zero-order valence-electron chi connectivity index (χ0n) is 21.6. The fourth-order valence-electron chi connectivity index (χ4n) is 3.57. The van der Waals surface area contributed by atoms with Crippen LogP contribution < -0.4 is 28.4 Å². The third-order valence-corrected chi connectivity index (χ3v) is 5.47. The summed E-state index contributed by atoms with van der Waals surface area (Å²) in [5.41, 5.74) is 0.920. The lowest BCUT2D eigenvalue weighted by Gasteiger charge is -2.22. The van der Waals surface area contributed by atoms with Crippen LogP contribution in [0.15, 0.2) is 66.7 Å². The molecular weight excluding hydrogens is 478 g/mol. The summed E-state index contributed by atoms with van der Waals surface area (Å²) in [4.78, 5) is 13.8. The van der Waals surface area contributed by atoms with Gasteiger partial charge in [-0.15, -0.1) is 0 Å². The summed E-state index contributed by atoms with van der Waals surface area (Å²) in [6.45, 7) is 1.29. The van der Waals surface area contributed by atoms with Gasteiger partial charge in [0.2, 0.25) is 5.75 Å². The first-order valence-electron chi connectivity index (χ1n) is 11.7. The van der Waals surface area contributed by atoms with E-state index in [-0.39, 0.29) is 26.3 Å². The molecule has 0 saturated carbocycles. The van der Waals surface area contributed by atoms with Crippen LogP contribution >= 0.6 is 0 Å². The molecule has 0 atom stereocenters. The van der Waals surface area contributed by atoms with Crippen molar-refractivity contribution in [2.24, 2.45) is 0 Å². The highest BCUT2D eigenvalue weighted by Crippen LogP contribution is 2.36. The van der Waals surface area contributed by atoms with Crippen LogP contribution in [0.1, 0.15) is 5.56 Å². The number of carbonyl (C=O) groups excluding carboxylic acids is 1. The van der Waals surface area contributed by atoms with Crippen LogP contribution in [0.5, 0.6) is 34.5 Å². The van der Waals surface area contributed by atoms with Crippen LogP contribution in [0, 0.1) is 0 Å². The summed E-state index contributed by atoms with van der Waals surface area (Å²) in [5, 5.41) is 0. The van der Waals surface area contributed by atoms with Crippen molar-refractivity contribution in [3.63, 3.8) is 0 Å². The van der Waals surface area contributed by atoms with Gasteiger partial charge in [-0.3, -0.25) is 0 Å². The molecule has 0 N–H and O–H groups in total. The molecular formula is C28H33NO8. The maximum Gasteiger partial charge on any atom is 0.409 e. The molecule has 0 aliphatic heterocycles. The minimum Gasteiger partial charge on any atom is -0.496 e. The van der Waals surface area contributed by atoms with Gasteiger partial charge in [0.1, 0.15) is 25.6 Å². The molecule has 0 aliphatic carbocycles. The molecule has 1 amide bonds. The van der Waals surface area contributed by atoms with E-state index >= 15 is 0 Å². The maximum atomic E-state index is 12.3. The van der Waals surface area contributed by atoms with Crippen LogP contribution in [-0.4, -0.2) is 65.7 Å². The molecule has 0 saturated heterocycles. The first-order chi connectivity index (χ1) is 18.1. The zero-order valence-corrected chi connectivity index (χ0v) is 21.6. The Labute approximate surface area is 217 Å². The number of benzene rings is 3. The molecule has 9 nitrogen and oxygen atoms in total. The monoisotopic (exact) mass is 511 g/mol. The fourth-order valence-corrected chi connectivity index (χ4v) is 3.57. The van der Waals surface area contributed by atoms with Crippen molar-refractivity contribution >= 4 is 6.09 Å². The number of rotatable bonds is 14. The minimum absolute atomic E-state index is 0.199. The number of hydrogen-bond acceptors (Lipinski definition) is 8. The molecule has 0 radical (unpaired) electrons. The Bertz CT molecular complexity index is 1110. The lowest BCUT2D eigenvalue weighted by Crippen LogP contribution is -2.37. The summed E-state index contributed by atoms with van der Waals surface area (Å²) in [5.74, 6) is 3.45. The van der Waals surface area contributed by atoms with E-state index < -0.39 is 6.09 Å². The average Bonchev–Trinajstić information content (AvgIpc) is 2.95. The third-order valence-electron chi connectivity index (χ3n) is 5.47. The van der Waals surface area contributed by atoms with Gasteiger partial charge in [0.15, 0.2) is 23.0 Å². The SMILES string of the molecule is COC(=O)N(CCOc1ccccc1OCc1ccccc1OC)CCOc1c(OC)cccc1OC. The van der Waals surface area contributed by atoms with E-state index in [4.69, 9.17) is 33.2 Å². The predicted octanol–water partition coefficient (Wildman–Crippen LogP) is 4.82. The third kappa shape index (κ3) is 7.60. The van der Waals surface area contributed by atoms with Crippen LogP contribution in [-0.2, 0) is 11.3 Å². The molecule has 0 spiro atoms. The predicted molar refractivity (Wildman–Crippen MR) is 138 cm³/mol. The minimum atomic E-state index is -0.486. The Hall–Kier alpha value is -4.27. The van der Waals surface area contributed by atoms with Crippen molar-refractivity contribution < 1.29 is 38.0 Å². The van der Waals surface area contributed by atoms with Gasteiger partial charge < -0.3 is 38.1 Å². The van der Waals surface area contributed by atoms with Crippen molar-refractivity contribution in [2.45, 2.75) is 6.61 Å². The normalized spacial score (nSPS) is 10.3. The molecule has 0 heterocycles. The molecule has 0 unspecified atom stereocenters. The first kappa shape index (κ1) is 27.3. The smallest absolute Gasteiger partial charge is 0.409 e. The largest absolute Gasteiger partial charge is 0.496 e. The van der Waals surface area contributed by atoms with Gasteiger partial charge in [-0.1, -0.05) is 36.4 Å². The molecule has 3 aromatic carbocycles. The Morgan fingerprint density at radius 1 is 0.622 bits per heavy atom. The van der Waals surface area contributed by atoms with Crippen LogP contribution in [0.4, 0.5) is 4.79 Å². The maximum absolute atomic E-state index is 12.3. The van der Waals surface area contributed by atoms with Crippen molar-refractivity contribution in [3.05, 3.63) is 72.3 Å². The van der Waals surface area contributed by atoms with Crippen molar-refractivity contribution in [2.75, 3.05) is 54.7 Å². The summed E-state index contributed by atoms with van der Waals surface area (Å²) in [6, 6.07) is 20.4. The first-order valence-corrected chi connectivity index (χ1v) is 11.7. The second-order valence-corrected chi connectivity index (χ2v) is 7.69. The number of para-hydroxylation sites is 4. The van der Waals surface area contributed by atoms with Crippen LogP contribution in [0.25, 0.3) is 0 Å². The highest BCUT2D eigenvalue weighted by molar-refractivity contribution is 5.67. The summed E-state index contributed by atoms with van der Waals surface area (Å²) < 4.78 is 38.9. The zero-order chi connectivity index (χ0) is 26.5. The molecule has 9 heteroatoms. The molecule has 37 heavy (non-hydrogen) atoms. The molecule has 0 fully saturated rings. The van der Waals surface area contributed by atoms with Gasteiger partial charge in [0, 0.05) is 5.56 Å². The van der Waals surface area contributed by atoms with E-state index in [0.29, 0.717) is 35.4 Å². The van der Waals surface area contributed by atoms with E-state index in [1.807, 2.05) is 48.5 Å². The number of hydrogen-bond donors (Lipinski definition) is 0. The van der Waals surface area contributed by atoms with E-state index in [2.05, 4.69) is 0 Å². The van der Waals surface area contributed by atoms with Crippen LogP contribution in [0.2, 0.25) is 0 Å². The lowest BCUT2D eigenvalue weighted by atomic mass is 10.2. The highest BCUT2D eigenvalue weighted by Gasteiger charge is 2.17. The number of amides is 1. The Balaban J connectivity index is 1.57. The average molecular weight is 512 g/mol. The number of ether oxygens (including phenoxy) is 7. The molecule has 0 aromatic heterocycles. The van der Waals surface area contributed by atoms with Gasteiger partial charge in [-0.25, -0.2) is 4.79 Å². The molecule has 198 valence electrons. The van der Waals surface area contributed by atoms with E-state index in [9.17, 15) is 4.79 Å². The van der Waals surface area contributed by atoms with Gasteiger partial charge >= 0.3 is 6.09 Å². The number of nitrogens with zero attached hydrogens (tertiary/aromatic N) is 1. The van der Waals surface area contributed by atoms with Crippen molar-refractivity contribution in [1.29, 1.82) is 0 Å². The highest BCUT2D eigenvalue weighted by atomic mass is 16.6. The van der Waals surface area contributed by atoms with Crippen LogP contribution in [0.3, 0.4) is 0 Å². The standard InChI is InChI=1S/C28H33NO8/c1-31-22-11-6-5-10-21(22)20-37-24-13-8-7-12-23(24)35-18-16-29(28(30)34-4)17-19-36-27-25(32-2)14-9-15-26(27)33-3/h5-15H,16-20H2,1-4H3. The summed E-state index contributed by atoms with van der Waals surface area (Å²) in [6.07, 6.45) is -0.486. The second-order valence-electron chi connectivity index (χ2n) is 7.69. The van der Waals surface area contributed by atoms with Gasteiger partial charge in [-0.2, -0.15) is 0 Å². The Kier molecular flexibility index (Phi) is 10.6. The molecule has 3 aromatic rings. The number of methoxy groups -OCH3 is 4. The Morgan fingerprint density at radius 2 is 1.14 bits per heavy atom. The van der Waals surface area contributed by atoms with Gasteiger partial charge in [0.05, 0.1) is 41.5 Å². The topological polar surface area (TPSA) is 84.9 Å². The van der Waals surface area contributed by atoms with Gasteiger partial charge in [-0.05, 0) is 30.3 Å². The van der Waals surface area contributed by atoms with Gasteiger partial charge in [0.25, 0.3) is 0 Å². The van der Waals surface area contributed by atoms with E-state index in [0.717, 1.165) is 11.3 Å². The lowest BCUT2D eigenvalue weighted by molar-refractivity contribution is 0.106. The van der Waals surface area contributed by atoms with E-state index in [1.54, 1.807) is 39.5 Å². The quantitative estimate of drug-likeness (QED) is 0.305. The van der Waals surface area contributed by atoms with E-state index in [1.165, 1.54) is 12.0 Å². The number of carbonyl (C=O) groups is 1. The van der Waals surface area contributed by atoms with Crippen molar-refractivity contribution in [1.82, 2.24) is 4.90 Å². The van der Waals surface area contributed by atoms with Crippen molar-refractivity contribution in [3.8, 4) is 34.5 Å². The second kappa shape index (κ2) is 14.3. The molecule has 3 rings (SSSR count). The molecule has 0 bridgehead atoms. The summed E-state index contributed by atoms with van der Waals surface area (Å²) >= 11 is 0.